The largest absolute Gasteiger partial charge is 0.491 e. The number of hydrogen-bond donors (Lipinski definition) is 1. The van der Waals surface area contributed by atoms with Crippen molar-refractivity contribution in [2.24, 2.45) is 0 Å². The lowest BCUT2D eigenvalue weighted by molar-refractivity contribution is -0.138. The molecule has 0 aliphatic rings. The van der Waals surface area contributed by atoms with Gasteiger partial charge in [0.25, 0.3) is 0 Å². The Morgan fingerprint density at radius 2 is 0.980 bits per heavy atom. The smallest absolute Gasteiger partial charge is 0.417 e. The normalized spacial score (nSPS) is 12.2. The summed E-state index contributed by atoms with van der Waals surface area (Å²) < 4.78 is 104. The third-order valence-corrected chi connectivity index (χ3v) is 7.84. The van der Waals surface area contributed by atoms with Gasteiger partial charge in [0, 0.05) is 34.0 Å². The summed E-state index contributed by atoms with van der Waals surface area (Å²) in [5, 5.41) is 11.1. The monoisotopic (exact) mass is 696 g/mol. The Kier molecular flexibility index (Phi) is 8.95. The lowest BCUT2D eigenvalue weighted by Crippen LogP contribution is -2.25. The molecule has 13 heteroatoms. The summed E-state index contributed by atoms with van der Waals surface area (Å²) >= 11 is 0. The molecule has 0 amide bonds. The zero-order valence-electron chi connectivity index (χ0n) is 26.2. The third-order valence-electron chi connectivity index (χ3n) is 7.84. The number of alkyl halides is 6. The maximum absolute atomic E-state index is 13.7. The van der Waals surface area contributed by atoms with E-state index in [9.17, 15) is 41.0 Å². The molecule has 0 saturated carbocycles. The highest BCUT2D eigenvalue weighted by molar-refractivity contribution is 5.84. The van der Waals surface area contributed by atoms with Crippen LogP contribution in [0.1, 0.15) is 22.3 Å². The Morgan fingerprint density at radius 1 is 0.580 bits per heavy atom. The first-order valence-electron chi connectivity index (χ1n) is 15.0. The van der Waals surface area contributed by atoms with Crippen molar-refractivity contribution in [1.82, 2.24) is 0 Å². The van der Waals surface area contributed by atoms with E-state index in [0.717, 1.165) is 12.1 Å². The second-order valence-electron chi connectivity index (χ2n) is 11.7. The molecule has 0 aliphatic heterocycles. The number of aryl methyl sites for hydroxylation is 2. The first-order valence-corrected chi connectivity index (χ1v) is 15.0. The number of benzene rings is 4. The zero-order chi connectivity index (χ0) is 36.0. The second kappa shape index (κ2) is 13.0. The minimum atomic E-state index is -4.69. The van der Waals surface area contributed by atoms with Crippen LogP contribution in [0.25, 0.3) is 44.2 Å². The Balaban J connectivity index is 1.13. The van der Waals surface area contributed by atoms with Crippen molar-refractivity contribution in [3.05, 3.63) is 128 Å². The zero-order valence-corrected chi connectivity index (χ0v) is 26.2. The van der Waals surface area contributed by atoms with Crippen molar-refractivity contribution in [2.45, 2.75) is 32.3 Å². The molecular formula is C37H26F6O7. The third kappa shape index (κ3) is 7.22. The molecule has 6 aromatic rings. The Bertz CT molecular complexity index is 2190. The molecule has 2 heterocycles. The van der Waals surface area contributed by atoms with Gasteiger partial charge in [0.15, 0.2) is 0 Å². The number of aliphatic hydroxyl groups is 1. The lowest BCUT2D eigenvalue weighted by Gasteiger charge is -2.15. The van der Waals surface area contributed by atoms with Crippen molar-refractivity contribution in [2.75, 3.05) is 13.2 Å². The summed E-state index contributed by atoms with van der Waals surface area (Å²) in [4.78, 5) is 25.5. The fourth-order valence-electron chi connectivity index (χ4n) is 5.43. The van der Waals surface area contributed by atoms with Gasteiger partial charge in [-0.3, -0.25) is 0 Å². The maximum atomic E-state index is 13.7. The predicted molar refractivity (Wildman–Crippen MR) is 172 cm³/mol. The van der Waals surface area contributed by atoms with E-state index >= 15 is 0 Å². The lowest BCUT2D eigenvalue weighted by atomic mass is 9.98. The van der Waals surface area contributed by atoms with E-state index in [0.29, 0.717) is 21.9 Å². The fourth-order valence-corrected chi connectivity index (χ4v) is 5.43. The van der Waals surface area contributed by atoms with E-state index in [2.05, 4.69) is 0 Å². The van der Waals surface area contributed by atoms with Gasteiger partial charge in [-0.15, -0.1) is 0 Å². The van der Waals surface area contributed by atoms with Crippen LogP contribution >= 0.6 is 0 Å². The summed E-state index contributed by atoms with van der Waals surface area (Å²) in [6.45, 7) is 2.50. The van der Waals surface area contributed by atoms with Crippen LogP contribution in [-0.4, -0.2) is 24.4 Å². The molecule has 7 nitrogen and oxygen atoms in total. The summed E-state index contributed by atoms with van der Waals surface area (Å²) in [6, 6.07) is 18.6. The van der Waals surface area contributed by atoms with Gasteiger partial charge in [-0.1, -0.05) is 35.4 Å². The molecule has 258 valence electrons. The highest BCUT2D eigenvalue weighted by Gasteiger charge is 2.35. The molecule has 0 aliphatic carbocycles. The molecule has 0 saturated heterocycles. The van der Waals surface area contributed by atoms with Crippen LogP contribution in [0.5, 0.6) is 11.5 Å². The molecule has 1 N–H and O–H groups in total. The fraction of sp³-hybridized carbons (Fsp3) is 0.189. The molecule has 6 rings (SSSR count). The Labute approximate surface area is 278 Å². The first kappa shape index (κ1) is 34.3. The van der Waals surface area contributed by atoms with E-state index < -0.39 is 40.8 Å². The van der Waals surface area contributed by atoms with Crippen molar-refractivity contribution in [1.29, 1.82) is 0 Å². The molecule has 0 fully saturated rings. The topological polar surface area (TPSA) is 99.1 Å². The van der Waals surface area contributed by atoms with Crippen molar-refractivity contribution < 1.29 is 49.8 Å². The minimum absolute atomic E-state index is 0.0560. The van der Waals surface area contributed by atoms with E-state index in [4.69, 9.17) is 18.3 Å². The quantitative estimate of drug-likeness (QED) is 0.126. The second-order valence-corrected chi connectivity index (χ2v) is 11.7. The van der Waals surface area contributed by atoms with E-state index in [1.807, 2.05) is 0 Å². The van der Waals surface area contributed by atoms with Gasteiger partial charge in [-0.05, 0) is 62.4 Å². The number of rotatable bonds is 8. The van der Waals surface area contributed by atoms with Gasteiger partial charge in [0.1, 0.15) is 42.0 Å². The number of ether oxygens (including phenoxy) is 2. The summed E-state index contributed by atoms with van der Waals surface area (Å²) in [5.74, 6) is 0.397. The van der Waals surface area contributed by atoms with Gasteiger partial charge in [0.2, 0.25) is 0 Å². The van der Waals surface area contributed by atoms with Gasteiger partial charge in [0.05, 0.1) is 22.3 Å². The molecular weight excluding hydrogens is 670 g/mol. The highest BCUT2D eigenvalue weighted by atomic mass is 19.4. The molecule has 0 radical (unpaired) electrons. The Morgan fingerprint density at radius 3 is 1.36 bits per heavy atom. The van der Waals surface area contributed by atoms with Crippen LogP contribution in [-0.2, 0) is 12.4 Å². The average Bonchev–Trinajstić information content (AvgIpc) is 3.05. The summed E-state index contributed by atoms with van der Waals surface area (Å²) in [6.07, 6.45) is -10.5. The molecule has 2 aromatic heterocycles. The average molecular weight is 697 g/mol. The maximum Gasteiger partial charge on any atom is 0.417 e. The van der Waals surface area contributed by atoms with Crippen LogP contribution in [0.15, 0.2) is 103 Å². The number of fused-ring (bicyclic) bond motifs is 2. The SMILES string of the molecule is Cc1ccc(-c2cc3ccc(OCC(O)COc4ccc5cc(-c6ccc(C)cc6C(F)(F)F)c(=O)oc5c4)cc3oc2=O)c(C(F)(F)F)c1. The number of aliphatic hydroxyl groups excluding tert-OH is 1. The molecule has 0 atom stereocenters. The van der Waals surface area contributed by atoms with Crippen molar-refractivity contribution in [3.63, 3.8) is 0 Å². The van der Waals surface area contributed by atoms with Crippen LogP contribution < -0.4 is 20.7 Å². The molecule has 4 aromatic carbocycles. The molecule has 50 heavy (non-hydrogen) atoms. The van der Waals surface area contributed by atoms with Crippen LogP contribution in [0.2, 0.25) is 0 Å². The standard InChI is InChI=1S/C37H26F6O7/c1-19-3-9-26(30(11-19)36(38,39)40)28-13-21-5-7-24(15-32(21)49-34(28)45)47-17-23(44)18-48-25-8-6-22-14-29(35(46)50-33(22)16-25)27-10-4-20(2)12-31(27)37(41,42)43/h3-16,23,44H,17-18H2,1-2H3. The molecule has 0 spiro atoms. The van der Waals surface area contributed by atoms with Gasteiger partial charge in [-0.2, -0.15) is 26.3 Å². The summed E-state index contributed by atoms with van der Waals surface area (Å²) in [7, 11) is 0. The molecule has 0 unspecified atom stereocenters. The van der Waals surface area contributed by atoms with Gasteiger partial charge in [-0.25, -0.2) is 9.59 Å². The van der Waals surface area contributed by atoms with Gasteiger partial charge < -0.3 is 23.4 Å². The predicted octanol–water partition coefficient (Wildman–Crippen LogP) is 8.71. The van der Waals surface area contributed by atoms with Gasteiger partial charge >= 0.3 is 23.6 Å². The van der Waals surface area contributed by atoms with E-state index in [-0.39, 0.29) is 58.1 Å². The number of halogens is 6. The Hall–Kier alpha value is -5.56. The van der Waals surface area contributed by atoms with E-state index in [1.165, 1.54) is 86.6 Å². The minimum Gasteiger partial charge on any atom is -0.491 e. The first-order chi connectivity index (χ1) is 23.6. The van der Waals surface area contributed by atoms with Crippen LogP contribution in [0, 0.1) is 13.8 Å². The summed E-state index contributed by atoms with van der Waals surface area (Å²) in [5.41, 5.74) is -4.08. The highest BCUT2D eigenvalue weighted by Crippen LogP contribution is 2.39. The molecule has 0 bridgehead atoms. The van der Waals surface area contributed by atoms with E-state index in [1.54, 1.807) is 0 Å². The van der Waals surface area contributed by atoms with Crippen molar-refractivity contribution in [3.8, 4) is 33.8 Å². The van der Waals surface area contributed by atoms with Crippen LogP contribution in [0.4, 0.5) is 26.3 Å². The van der Waals surface area contributed by atoms with Crippen molar-refractivity contribution >= 4 is 21.9 Å². The number of hydrogen-bond acceptors (Lipinski definition) is 7. The van der Waals surface area contributed by atoms with Crippen LogP contribution in [0.3, 0.4) is 0 Å².